The van der Waals surface area contributed by atoms with Crippen molar-refractivity contribution in [1.82, 2.24) is 15.5 Å². The number of nitriles is 1. The third-order valence-electron chi connectivity index (χ3n) is 8.48. The van der Waals surface area contributed by atoms with Crippen molar-refractivity contribution in [2.75, 3.05) is 7.05 Å². The van der Waals surface area contributed by atoms with Gasteiger partial charge in [-0.15, -0.1) is 0 Å². The van der Waals surface area contributed by atoms with Gasteiger partial charge in [0.1, 0.15) is 11.9 Å². The molecule has 2 amide bonds. The Bertz CT molecular complexity index is 1250. The summed E-state index contributed by atoms with van der Waals surface area (Å²) in [5.41, 5.74) is 3.56. The first-order valence-electron chi connectivity index (χ1n) is 12.0. The van der Waals surface area contributed by atoms with Crippen LogP contribution >= 0.6 is 0 Å². The topological polar surface area (TPSA) is 85.2 Å². The second kappa shape index (κ2) is 7.64. The molecule has 6 rings (SSSR count). The van der Waals surface area contributed by atoms with Gasteiger partial charge in [-0.1, -0.05) is 25.1 Å². The molecule has 2 bridgehead atoms. The third-order valence-corrected chi connectivity index (χ3v) is 8.48. The summed E-state index contributed by atoms with van der Waals surface area (Å²) in [6.45, 7) is 2.80. The van der Waals surface area contributed by atoms with E-state index in [1.54, 1.807) is 24.1 Å². The molecule has 3 unspecified atom stereocenters. The van der Waals surface area contributed by atoms with Crippen molar-refractivity contribution in [1.29, 1.82) is 5.26 Å². The Morgan fingerprint density at radius 3 is 2.76 bits per heavy atom. The summed E-state index contributed by atoms with van der Waals surface area (Å²) < 4.78 is 15.0. The predicted octanol–water partition coefficient (Wildman–Crippen LogP) is 2.87. The largest absolute Gasteiger partial charge is 0.339 e. The normalized spacial score (nSPS) is 31.1. The second-order valence-electron chi connectivity index (χ2n) is 10.4. The molecule has 2 N–H and O–H groups in total. The number of hydrogen-bond donors (Lipinski definition) is 2. The average molecular weight is 459 g/mol. The molecule has 2 aromatic carbocycles. The van der Waals surface area contributed by atoms with E-state index in [1.165, 1.54) is 6.07 Å². The zero-order valence-corrected chi connectivity index (χ0v) is 19.2. The van der Waals surface area contributed by atoms with Crippen molar-refractivity contribution < 1.29 is 14.0 Å². The van der Waals surface area contributed by atoms with Gasteiger partial charge in [0.15, 0.2) is 0 Å². The van der Waals surface area contributed by atoms with Crippen LogP contribution in [0.5, 0.6) is 0 Å². The molecule has 6 nitrogen and oxygen atoms in total. The fourth-order valence-corrected chi connectivity index (χ4v) is 6.75. The lowest BCUT2D eigenvalue weighted by molar-refractivity contribution is -0.124. The highest BCUT2D eigenvalue weighted by atomic mass is 19.1. The Morgan fingerprint density at radius 2 is 2.03 bits per heavy atom. The quantitative estimate of drug-likeness (QED) is 0.722. The fraction of sp³-hybridized carbons (Fsp3) is 0.444. The predicted molar refractivity (Wildman–Crippen MR) is 124 cm³/mol. The Kier molecular flexibility index (Phi) is 4.79. The maximum Gasteiger partial charge on any atom is 0.254 e. The Balaban J connectivity index is 1.14. The molecule has 7 heteroatoms. The summed E-state index contributed by atoms with van der Waals surface area (Å²) in [5.74, 6) is 1.81. The van der Waals surface area contributed by atoms with Crippen molar-refractivity contribution in [3.63, 3.8) is 0 Å². The molecule has 2 aromatic rings. The molecular weight excluding hydrogens is 431 g/mol. The Morgan fingerprint density at radius 1 is 1.26 bits per heavy atom. The van der Waals surface area contributed by atoms with Crippen LogP contribution in [-0.2, 0) is 17.8 Å². The second-order valence-corrected chi connectivity index (χ2v) is 10.4. The number of piperidine rings is 1. The summed E-state index contributed by atoms with van der Waals surface area (Å²) >= 11 is 0. The van der Waals surface area contributed by atoms with E-state index < -0.39 is 11.9 Å². The summed E-state index contributed by atoms with van der Waals surface area (Å²) in [4.78, 5) is 26.6. The van der Waals surface area contributed by atoms with Gasteiger partial charge >= 0.3 is 0 Å². The first kappa shape index (κ1) is 21.3. The summed E-state index contributed by atoms with van der Waals surface area (Å²) in [6, 6.07) is 12.0. The molecule has 2 aliphatic carbocycles. The van der Waals surface area contributed by atoms with Crippen LogP contribution in [-0.4, -0.2) is 41.9 Å². The first-order chi connectivity index (χ1) is 16.4. The van der Waals surface area contributed by atoms with Crippen LogP contribution in [0.4, 0.5) is 4.39 Å². The smallest absolute Gasteiger partial charge is 0.254 e. The van der Waals surface area contributed by atoms with Crippen molar-refractivity contribution >= 4 is 11.8 Å². The molecule has 2 aliphatic heterocycles. The highest BCUT2D eigenvalue weighted by Gasteiger charge is 2.67. The minimum atomic E-state index is -0.789. The molecule has 174 valence electrons. The monoisotopic (exact) mass is 458 g/mol. The fourth-order valence-electron chi connectivity index (χ4n) is 6.75. The minimum Gasteiger partial charge on any atom is -0.339 e. The first-order valence-corrected chi connectivity index (χ1v) is 12.0. The number of halogens is 1. The van der Waals surface area contributed by atoms with Crippen LogP contribution in [0.25, 0.3) is 11.1 Å². The number of amides is 2. The van der Waals surface area contributed by atoms with Gasteiger partial charge in [-0.25, -0.2) is 4.39 Å². The van der Waals surface area contributed by atoms with Crippen LogP contribution in [0.2, 0.25) is 0 Å². The van der Waals surface area contributed by atoms with Crippen molar-refractivity contribution in [2.24, 2.45) is 23.7 Å². The number of nitrogens with one attached hydrogen (secondary N) is 2. The van der Waals surface area contributed by atoms with Crippen LogP contribution in [0.15, 0.2) is 36.4 Å². The number of carbonyl (C=O) groups is 2. The van der Waals surface area contributed by atoms with Crippen LogP contribution in [0.3, 0.4) is 0 Å². The van der Waals surface area contributed by atoms with Crippen molar-refractivity contribution in [3.05, 3.63) is 58.9 Å². The molecule has 2 heterocycles. The van der Waals surface area contributed by atoms with E-state index >= 15 is 0 Å². The van der Waals surface area contributed by atoms with Gasteiger partial charge in [0.2, 0.25) is 5.91 Å². The molecule has 0 spiro atoms. The lowest BCUT2D eigenvalue weighted by Crippen LogP contribution is -2.51. The lowest BCUT2D eigenvalue weighted by Gasteiger charge is -2.23. The van der Waals surface area contributed by atoms with E-state index in [4.69, 9.17) is 0 Å². The van der Waals surface area contributed by atoms with Gasteiger partial charge in [-0.3, -0.25) is 9.59 Å². The molecule has 0 aromatic heterocycles. The van der Waals surface area contributed by atoms with Gasteiger partial charge in [-0.2, -0.15) is 5.26 Å². The maximum atomic E-state index is 15.0. The number of rotatable bonds is 5. The third kappa shape index (κ3) is 3.24. The minimum absolute atomic E-state index is 0.000218. The molecular formula is C27H27FN4O2. The van der Waals surface area contributed by atoms with Gasteiger partial charge in [0.05, 0.1) is 12.1 Å². The van der Waals surface area contributed by atoms with E-state index in [9.17, 15) is 19.2 Å². The zero-order valence-electron chi connectivity index (χ0n) is 19.2. The molecule has 2 saturated carbocycles. The number of fused-ring (bicyclic) bond motifs is 6. The summed E-state index contributed by atoms with van der Waals surface area (Å²) in [7, 11) is 1.76. The van der Waals surface area contributed by atoms with E-state index in [0.29, 0.717) is 52.9 Å². The number of nitrogens with zero attached hydrogens (tertiary/aromatic N) is 2. The van der Waals surface area contributed by atoms with Crippen molar-refractivity contribution in [3.8, 4) is 17.2 Å². The van der Waals surface area contributed by atoms with Crippen LogP contribution in [0, 0.1) is 40.8 Å². The van der Waals surface area contributed by atoms with E-state index in [-0.39, 0.29) is 24.3 Å². The number of hydrogen-bond acceptors (Lipinski definition) is 4. The van der Waals surface area contributed by atoms with Gasteiger partial charge in [-0.05, 0) is 70.5 Å². The van der Waals surface area contributed by atoms with Crippen molar-refractivity contribution in [2.45, 2.75) is 44.4 Å². The van der Waals surface area contributed by atoms with Gasteiger partial charge in [0.25, 0.3) is 5.91 Å². The molecule has 0 radical (unpaired) electrons. The van der Waals surface area contributed by atoms with Crippen LogP contribution < -0.4 is 10.6 Å². The average Bonchev–Trinajstić information content (AvgIpc) is 3.13. The summed E-state index contributed by atoms with van der Waals surface area (Å²) in [6.07, 6.45) is 1.15. The zero-order chi connectivity index (χ0) is 23.7. The standard InChI is InChI=1S/C27H27FN4O2/c1-13-23-20-10-22(24(13)23)31-25(20)26(33)30-18(11-29)8-16-4-3-15(9-21(16)28)14-5-6-19-17(7-14)12-32(2)27(19)34/h3-7,9,13,18,20,22-25,31H,8,10,12H2,1-2H3,(H,30,33)/t13?,18-,20+,22-,23?,24?,25-/m0/s1. The van der Waals surface area contributed by atoms with Crippen LogP contribution in [0.1, 0.15) is 34.8 Å². The SMILES string of the molecule is CC1C2C1[C@H]1C[C@@H]2N[C@@H]1C(=O)N[C@H](C#N)Cc1ccc(-c2ccc3c(c2)CN(C)C3=O)cc1F. The van der Waals surface area contributed by atoms with E-state index in [0.717, 1.165) is 17.5 Å². The maximum absolute atomic E-state index is 15.0. The number of carbonyl (C=O) groups excluding carboxylic acids is 2. The van der Waals surface area contributed by atoms with Gasteiger partial charge in [0, 0.05) is 31.6 Å². The molecule has 4 aliphatic rings. The Labute approximate surface area is 198 Å². The lowest BCUT2D eigenvalue weighted by atomic mass is 9.94. The molecule has 7 atom stereocenters. The summed E-state index contributed by atoms with van der Waals surface area (Å²) in [5, 5.41) is 15.9. The molecule has 34 heavy (non-hydrogen) atoms. The highest BCUT2D eigenvalue weighted by Crippen LogP contribution is 2.64. The Hall–Kier alpha value is -3.24. The number of benzene rings is 2. The van der Waals surface area contributed by atoms with E-state index in [1.807, 2.05) is 18.2 Å². The van der Waals surface area contributed by atoms with Gasteiger partial charge < -0.3 is 15.5 Å². The molecule has 3 fully saturated rings. The highest BCUT2D eigenvalue weighted by molar-refractivity contribution is 5.98. The van der Waals surface area contributed by atoms with E-state index in [2.05, 4.69) is 23.6 Å². The molecule has 1 saturated heterocycles.